The van der Waals surface area contributed by atoms with Crippen molar-refractivity contribution in [3.05, 3.63) is 59.5 Å². The summed E-state index contributed by atoms with van der Waals surface area (Å²) in [6.45, 7) is 2.59. The topological polar surface area (TPSA) is 86.5 Å². The minimum absolute atomic E-state index is 0.177. The first-order chi connectivity index (χ1) is 14.1. The number of carbonyl (C=O) groups is 1. The molecule has 0 aliphatic rings. The van der Waals surface area contributed by atoms with Crippen molar-refractivity contribution >= 4 is 5.91 Å². The van der Waals surface area contributed by atoms with Crippen LogP contribution in [0.2, 0.25) is 0 Å². The van der Waals surface area contributed by atoms with E-state index in [1.54, 1.807) is 25.3 Å². The van der Waals surface area contributed by atoms with Crippen molar-refractivity contribution in [2.75, 3.05) is 20.8 Å². The minimum Gasteiger partial charge on any atom is -0.497 e. The highest BCUT2D eigenvalue weighted by atomic mass is 16.5. The van der Waals surface area contributed by atoms with Gasteiger partial charge in [-0.05, 0) is 31.9 Å². The molecule has 0 fully saturated rings. The Morgan fingerprint density at radius 2 is 1.86 bits per heavy atom. The molecule has 7 heteroatoms. The highest BCUT2D eigenvalue weighted by molar-refractivity contribution is 5.97. The second-order valence-electron chi connectivity index (χ2n) is 6.66. The van der Waals surface area contributed by atoms with Crippen LogP contribution in [0.25, 0.3) is 11.4 Å². The number of amides is 1. The first-order valence-electron chi connectivity index (χ1n) is 9.50. The summed E-state index contributed by atoms with van der Waals surface area (Å²) >= 11 is 0. The number of carbonyl (C=O) groups excluding carboxylic acids is 1. The number of nitrogens with zero attached hydrogens (tertiary/aromatic N) is 2. The summed E-state index contributed by atoms with van der Waals surface area (Å²) < 4.78 is 15.7. The molecular weight excluding hydrogens is 370 g/mol. The molecule has 1 N–H and O–H groups in total. The van der Waals surface area contributed by atoms with E-state index < -0.39 is 0 Å². The lowest BCUT2D eigenvalue weighted by atomic mass is 10.1. The quantitative estimate of drug-likeness (QED) is 0.555. The molecule has 7 nitrogen and oxygen atoms in total. The summed E-state index contributed by atoms with van der Waals surface area (Å²) in [4.78, 5) is 16.8. The first-order valence-corrected chi connectivity index (χ1v) is 9.50. The zero-order valence-electron chi connectivity index (χ0n) is 16.9. The lowest BCUT2D eigenvalue weighted by molar-refractivity contribution is 0.0950. The number of hydrogen-bond donors (Lipinski definition) is 1. The number of nitrogens with one attached hydrogen (secondary N) is 1. The number of methoxy groups -OCH3 is 2. The van der Waals surface area contributed by atoms with E-state index in [-0.39, 0.29) is 5.91 Å². The fourth-order valence-electron chi connectivity index (χ4n) is 2.86. The van der Waals surface area contributed by atoms with Gasteiger partial charge in [0.25, 0.3) is 5.91 Å². The Balaban J connectivity index is 1.44. The highest BCUT2D eigenvalue weighted by Gasteiger charge is 2.13. The molecule has 1 amide bonds. The van der Waals surface area contributed by atoms with Crippen LogP contribution in [0, 0.1) is 6.92 Å². The molecule has 0 unspecified atom stereocenters. The molecule has 3 rings (SSSR count). The maximum absolute atomic E-state index is 12.4. The normalized spacial score (nSPS) is 10.6. The smallest absolute Gasteiger partial charge is 0.255 e. The largest absolute Gasteiger partial charge is 0.497 e. The van der Waals surface area contributed by atoms with E-state index >= 15 is 0 Å². The summed E-state index contributed by atoms with van der Waals surface area (Å²) in [5.41, 5.74) is 2.60. The maximum Gasteiger partial charge on any atom is 0.255 e. The number of benzene rings is 2. The van der Waals surface area contributed by atoms with Gasteiger partial charge in [0.05, 0.1) is 19.8 Å². The van der Waals surface area contributed by atoms with Crippen LogP contribution in [0.3, 0.4) is 0 Å². The molecule has 29 heavy (non-hydrogen) atoms. The number of aromatic nitrogens is 2. The van der Waals surface area contributed by atoms with E-state index in [0.29, 0.717) is 41.7 Å². The van der Waals surface area contributed by atoms with E-state index in [4.69, 9.17) is 14.0 Å². The fraction of sp³-hybridized carbons (Fsp3) is 0.318. The molecule has 0 radical (unpaired) electrons. The number of ether oxygens (including phenoxy) is 2. The Bertz CT molecular complexity index is 951. The molecular formula is C22H25N3O4. The Morgan fingerprint density at radius 3 is 2.59 bits per heavy atom. The van der Waals surface area contributed by atoms with Gasteiger partial charge in [0.1, 0.15) is 11.5 Å². The Morgan fingerprint density at radius 1 is 1.07 bits per heavy atom. The Hall–Kier alpha value is -3.35. The van der Waals surface area contributed by atoms with Gasteiger partial charge in [-0.2, -0.15) is 4.98 Å². The minimum atomic E-state index is -0.177. The molecule has 0 saturated carbocycles. The van der Waals surface area contributed by atoms with Crippen LogP contribution in [0.1, 0.15) is 34.7 Å². The summed E-state index contributed by atoms with van der Waals surface area (Å²) in [6.07, 6.45) is 2.29. The highest BCUT2D eigenvalue weighted by Crippen LogP contribution is 2.24. The van der Waals surface area contributed by atoms with Crippen molar-refractivity contribution in [2.24, 2.45) is 0 Å². The van der Waals surface area contributed by atoms with Gasteiger partial charge in [0, 0.05) is 24.6 Å². The summed E-state index contributed by atoms with van der Waals surface area (Å²) in [7, 11) is 3.10. The zero-order valence-corrected chi connectivity index (χ0v) is 16.9. The SMILES string of the molecule is COc1ccc(C(=O)NCCCCc2nc(-c3ccc(C)cc3)no2)c(OC)c1. The molecule has 3 aromatic rings. The van der Waals surface area contributed by atoms with Gasteiger partial charge in [-0.15, -0.1) is 0 Å². The van der Waals surface area contributed by atoms with Crippen LogP contribution < -0.4 is 14.8 Å². The molecule has 0 bridgehead atoms. The molecule has 0 saturated heterocycles. The predicted octanol–water partition coefficient (Wildman–Crippen LogP) is 3.81. The summed E-state index contributed by atoms with van der Waals surface area (Å²) in [5, 5.41) is 6.94. The van der Waals surface area contributed by atoms with Gasteiger partial charge < -0.3 is 19.3 Å². The van der Waals surface area contributed by atoms with Gasteiger partial charge in [0.15, 0.2) is 0 Å². The van der Waals surface area contributed by atoms with Gasteiger partial charge >= 0.3 is 0 Å². The van der Waals surface area contributed by atoms with E-state index in [2.05, 4.69) is 15.5 Å². The molecule has 0 spiro atoms. The lowest BCUT2D eigenvalue weighted by Gasteiger charge is -2.10. The van der Waals surface area contributed by atoms with Crippen molar-refractivity contribution in [2.45, 2.75) is 26.2 Å². The second kappa shape index (κ2) is 9.73. The zero-order chi connectivity index (χ0) is 20.6. The third-order valence-corrected chi connectivity index (χ3v) is 4.53. The van der Waals surface area contributed by atoms with E-state index in [9.17, 15) is 4.79 Å². The monoisotopic (exact) mass is 395 g/mol. The number of hydrogen-bond acceptors (Lipinski definition) is 6. The molecule has 0 aliphatic carbocycles. The van der Waals surface area contributed by atoms with Crippen molar-refractivity contribution in [3.8, 4) is 22.9 Å². The van der Waals surface area contributed by atoms with Crippen molar-refractivity contribution < 1.29 is 18.8 Å². The van der Waals surface area contributed by atoms with Gasteiger partial charge in [0.2, 0.25) is 11.7 Å². The van der Waals surface area contributed by atoms with Crippen molar-refractivity contribution in [1.29, 1.82) is 0 Å². The van der Waals surface area contributed by atoms with Crippen LogP contribution in [-0.2, 0) is 6.42 Å². The summed E-state index contributed by atoms with van der Waals surface area (Å²) in [5.74, 6) is 2.15. The Kier molecular flexibility index (Phi) is 6.84. The molecule has 0 aliphatic heterocycles. The van der Waals surface area contributed by atoms with Crippen LogP contribution in [0.5, 0.6) is 11.5 Å². The third kappa shape index (κ3) is 5.34. The predicted molar refractivity (Wildman–Crippen MR) is 109 cm³/mol. The fourth-order valence-corrected chi connectivity index (χ4v) is 2.86. The van der Waals surface area contributed by atoms with Crippen LogP contribution in [0.15, 0.2) is 47.0 Å². The number of unbranched alkanes of at least 4 members (excludes halogenated alkanes) is 1. The maximum atomic E-state index is 12.4. The molecule has 152 valence electrons. The van der Waals surface area contributed by atoms with Crippen molar-refractivity contribution in [1.82, 2.24) is 15.5 Å². The number of aryl methyl sites for hydroxylation is 2. The lowest BCUT2D eigenvalue weighted by Crippen LogP contribution is -2.25. The average Bonchev–Trinajstić information content (AvgIpc) is 3.22. The Labute approximate surface area is 170 Å². The van der Waals surface area contributed by atoms with Gasteiger partial charge in [-0.25, -0.2) is 0 Å². The van der Waals surface area contributed by atoms with Gasteiger partial charge in [-0.3, -0.25) is 4.79 Å². The van der Waals surface area contributed by atoms with Crippen molar-refractivity contribution in [3.63, 3.8) is 0 Å². The van der Waals surface area contributed by atoms with Crippen LogP contribution >= 0.6 is 0 Å². The van der Waals surface area contributed by atoms with E-state index in [1.807, 2.05) is 31.2 Å². The molecule has 2 aromatic carbocycles. The number of rotatable bonds is 9. The van der Waals surface area contributed by atoms with E-state index in [1.165, 1.54) is 12.7 Å². The average molecular weight is 395 g/mol. The summed E-state index contributed by atoms with van der Waals surface area (Å²) in [6, 6.07) is 13.1. The standard InChI is InChI=1S/C22H25N3O4/c1-15-7-9-16(10-8-15)21-24-20(29-25-21)6-4-5-13-23-22(26)18-12-11-17(27-2)14-19(18)28-3/h7-12,14H,4-6,13H2,1-3H3,(H,23,26). The second-order valence-corrected chi connectivity index (χ2v) is 6.66. The molecule has 0 atom stereocenters. The molecule has 1 heterocycles. The van der Waals surface area contributed by atoms with Gasteiger partial charge in [-0.1, -0.05) is 35.0 Å². The third-order valence-electron chi connectivity index (χ3n) is 4.53. The first kappa shape index (κ1) is 20.4. The van der Waals surface area contributed by atoms with Crippen LogP contribution in [-0.4, -0.2) is 36.8 Å². The molecule has 1 aromatic heterocycles. The van der Waals surface area contributed by atoms with Crippen LogP contribution in [0.4, 0.5) is 0 Å². The van der Waals surface area contributed by atoms with E-state index in [0.717, 1.165) is 18.4 Å².